The van der Waals surface area contributed by atoms with Crippen LogP contribution in [0.1, 0.15) is 75.6 Å². The summed E-state index contributed by atoms with van der Waals surface area (Å²) in [7, 11) is 0. The van der Waals surface area contributed by atoms with E-state index in [1.165, 1.54) is 59.8 Å². The maximum Gasteiger partial charge on any atom is 0.0590 e. The van der Waals surface area contributed by atoms with Crippen molar-refractivity contribution in [1.82, 2.24) is 10.3 Å². The standard InChI is InChI=1S/C27H33ClN2.ClH/c1-4-26(2,3)18-13-15-27(16-14-18)25-24(20-10-6-8-12-23(20)30-25)21(17-29-27)19-9-5-7-11-22(19)28;/h5-12,18,21,29-30H,4,13-17H2,1-3H3;1H. The molecule has 1 unspecified atom stereocenters. The molecule has 166 valence electrons. The number of rotatable bonds is 3. The lowest BCUT2D eigenvalue weighted by atomic mass is 9.63. The minimum atomic E-state index is 0. The predicted octanol–water partition coefficient (Wildman–Crippen LogP) is 7.80. The quantitative estimate of drug-likeness (QED) is 0.413. The van der Waals surface area contributed by atoms with E-state index in [4.69, 9.17) is 11.6 Å². The molecule has 5 rings (SSSR count). The van der Waals surface area contributed by atoms with Crippen molar-refractivity contribution in [2.45, 2.75) is 64.3 Å². The number of H-pyrrole nitrogens is 1. The Morgan fingerprint density at radius 1 is 1.03 bits per heavy atom. The Morgan fingerprint density at radius 3 is 2.42 bits per heavy atom. The number of benzene rings is 2. The summed E-state index contributed by atoms with van der Waals surface area (Å²) in [5.74, 6) is 1.09. The van der Waals surface area contributed by atoms with E-state index in [0.717, 1.165) is 17.5 Å². The Labute approximate surface area is 197 Å². The number of hydrogen-bond donors (Lipinski definition) is 2. The van der Waals surface area contributed by atoms with Crippen molar-refractivity contribution in [1.29, 1.82) is 0 Å². The van der Waals surface area contributed by atoms with Crippen LogP contribution in [0.3, 0.4) is 0 Å². The third kappa shape index (κ3) is 3.71. The van der Waals surface area contributed by atoms with Crippen LogP contribution < -0.4 is 5.32 Å². The van der Waals surface area contributed by atoms with Crippen LogP contribution in [-0.2, 0) is 5.54 Å². The van der Waals surface area contributed by atoms with Crippen molar-refractivity contribution in [3.8, 4) is 0 Å². The molecule has 2 nitrogen and oxygen atoms in total. The molecule has 1 spiro atoms. The van der Waals surface area contributed by atoms with Crippen LogP contribution in [0, 0.1) is 11.3 Å². The Morgan fingerprint density at radius 2 is 1.71 bits per heavy atom. The van der Waals surface area contributed by atoms with Gasteiger partial charge in [-0.15, -0.1) is 12.4 Å². The van der Waals surface area contributed by atoms with E-state index in [1.54, 1.807) is 0 Å². The molecule has 2 aromatic carbocycles. The molecule has 3 aromatic rings. The van der Waals surface area contributed by atoms with Gasteiger partial charge in [-0.05, 0) is 60.3 Å². The summed E-state index contributed by atoms with van der Waals surface area (Å²) in [6.07, 6.45) is 6.25. The fraction of sp³-hybridized carbons (Fsp3) is 0.481. The normalized spacial score (nSPS) is 25.9. The maximum atomic E-state index is 6.67. The van der Waals surface area contributed by atoms with E-state index in [0.29, 0.717) is 5.41 Å². The highest BCUT2D eigenvalue weighted by Crippen LogP contribution is 2.51. The van der Waals surface area contributed by atoms with Crippen LogP contribution in [0.5, 0.6) is 0 Å². The number of aromatic amines is 1. The van der Waals surface area contributed by atoms with Gasteiger partial charge in [0.2, 0.25) is 0 Å². The number of fused-ring (bicyclic) bond motifs is 4. The summed E-state index contributed by atoms with van der Waals surface area (Å²) in [4.78, 5) is 3.86. The molecule has 1 saturated carbocycles. The first-order chi connectivity index (χ1) is 14.5. The van der Waals surface area contributed by atoms with Gasteiger partial charge in [-0.1, -0.05) is 75.2 Å². The van der Waals surface area contributed by atoms with Gasteiger partial charge in [0.25, 0.3) is 0 Å². The smallest absolute Gasteiger partial charge is 0.0590 e. The monoisotopic (exact) mass is 456 g/mol. The minimum Gasteiger partial charge on any atom is -0.357 e. The average Bonchev–Trinajstić information content (AvgIpc) is 3.16. The first-order valence-electron chi connectivity index (χ1n) is 11.6. The maximum absolute atomic E-state index is 6.67. The Bertz CT molecular complexity index is 1060. The zero-order valence-corrected chi connectivity index (χ0v) is 20.4. The second-order valence-electron chi connectivity index (χ2n) is 10.1. The second kappa shape index (κ2) is 8.46. The highest BCUT2D eigenvalue weighted by molar-refractivity contribution is 6.31. The van der Waals surface area contributed by atoms with Crippen LogP contribution in [0.2, 0.25) is 5.02 Å². The van der Waals surface area contributed by atoms with Crippen molar-refractivity contribution in [3.05, 3.63) is 70.4 Å². The van der Waals surface area contributed by atoms with Crippen molar-refractivity contribution in [2.75, 3.05) is 6.54 Å². The van der Waals surface area contributed by atoms with Gasteiger partial charge in [0.1, 0.15) is 0 Å². The van der Waals surface area contributed by atoms with E-state index in [1.807, 2.05) is 12.1 Å². The molecule has 1 aliphatic heterocycles. The van der Waals surface area contributed by atoms with Crippen molar-refractivity contribution in [3.63, 3.8) is 0 Å². The van der Waals surface area contributed by atoms with Crippen molar-refractivity contribution >= 4 is 34.9 Å². The lowest BCUT2D eigenvalue weighted by Crippen LogP contribution is -2.51. The molecule has 1 aromatic heterocycles. The molecule has 1 fully saturated rings. The summed E-state index contributed by atoms with van der Waals surface area (Å²) in [5.41, 5.74) is 5.84. The van der Waals surface area contributed by atoms with Crippen molar-refractivity contribution < 1.29 is 0 Å². The van der Waals surface area contributed by atoms with Crippen LogP contribution >= 0.6 is 24.0 Å². The fourth-order valence-corrected chi connectivity index (χ4v) is 6.29. The third-order valence-corrected chi connectivity index (χ3v) is 8.70. The number of para-hydroxylation sites is 1. The van der Waals surface area contributed by atoms with Crippen molar-refractivity contribution in [2.24, 2.45) is 11.3 Å². The molecular weight excluding hydrogens is 423 g/mol. The molecule has 0 bridgehead atoms. The minimum absolute atomic E-state index is 0. The second-order valence-corrected chi connectivity index (χ2v) is 10.5. The molecular formula is C27H34Cl2N2. The highest BCUT2D eigenvalue weighted by Gasteiger charge is 2.46. The number of aromatic nitrogens is 1. The molecule has 1 atom stereocenters. The van der Waals surface area contributed by atoms with Gasteiger partial charge >= 0.3 is 0 Å². The Kier molecular flexibility index (Phi) is 6.20. The van der Waals surface area contributed by atoms with Gasteiger partial charge in [-0.3, -0.25) is 0 Å². The van der Waals surface area contributed by atoms with Gasteiger partial charge in [0.15, 0.2) is 0 Å². The Balaban J connectivity index is 0.00000231. The van der Waals surface area contributed by atoms with Crippen LogP contribution in [-0.4, -0.2) is 11.5 Å². The van der Waals surface area contributed by atoms with Crippen LogP contribution in [0.15, 0.2) is 48.5 Å². The summed E-state index contributed by atoms with van der Waals surface area (Å²) >= 11 is 6.67. The molecule has 2 heterocycles. The first-order valence-corrected chi connectivity index (χ1v) is 11.9. The SMILES string of the molecule is CCC(C)(C)C1CCC2(CC1)NCC(c1ccccc1Cl)c1c2[nH]c2ccccc12.Cl. The van der Waals surface area contributed by atoms with Gasteiger partial charge in [0.05, 0.1) is 5.54 Å². The zero-order chi connectivity index (χ0) is 20.9. The molecule has 2 aliphatic rings. The molecule has 4 heteroatoms. The topological polar surface area (TPSA) is 27.8 Å². The first kappa shape index (κ1) is 22.7. The molecule has 0 saturated heterocycles. The van der Waals surface area contributed by atoms with E-state index in [9.17, 15) is 0 Å². The number of halogens is 2. The van der Waals surface area contributed by atoms with E-state index >= 15 is 0 Å². The lowest BCUT2D eigenvalue weighted by molar-refractivity contribution is 0.0916. The zero-order valence-electron chi connectivity index (χ0n) is 18.8. The largest absolute Gasteiger partial charge is 0.357 e. The van der Waals surface area contributed by atoms with Gasteiger partial charge in [0, 0.05) is 34.1 Å². The fourth-order valence-electron chi connectivity index (χ4n) is 6.02. The van der Waals surface area contributed by atoms with E-state index < -0.39 is 0 Å². The summed E-state index contributed by atoms with van der Waals surface area (Å²) < 4.78 is 0. The Hall–Kier alpha value is -1.48. The van der Waals surface area contributed by atoms with Gasteiger partial charge < -0.3 is 10.3 Å². The molecule has 0 amide bonds. The van der Waals surface area contributed by atoms with Crippen LogP contribution in [0.4, 0.5) is 0 Å². The van der Waals surface area contributed by atoms with E-state index in [2.05, 4.69) is 67.5 Å². The molecule has 1 aliphatic carbocycles. The summed E-state index contributed by atoms with van der Waals surface area (Å²) in [6.45, 7) is 8.19. The van der Waals surface area contributed by atoms with E-state index in [-0.39, 0.29) is 23.9 Å². The lowest BCUT2D eigenvalue weighted by Gasteiger charge is -2.48. The highest BCUT2D eigenvalue weighted by atomic mass is 35.5. The number of nitrogens with one attached hydrogen (secondary N) is 2. The summed E-state index contributed by atoms with van der Waals surface area (Å²) in [5, 5.41) is 6.25. The molecule has 31 heavy (non-hydrogen) atoms. The van der Waals surface area contributed by atoms with Gasteiger partial charge in [-0.2, -0.15) is 0 Å². The van der Waals surface area contributed by atoms with Gasteiger partial charge in [-0.25, -0.2) is 0 Å². The summed E-state index contributed by atoms with van der Waals surface area (Å²) in [6, 6.07) is 17.1. The average molecular weight is 457 g/mol. The third-order valence-electron chi connectivity index (χ3n) is 8.35. The molecule has 0 radical (unpaired) electrons. The number of hydrogen-bond acceptors (Lipinski definition) is 1. The molecule has 2 N–H and O–H groups in total. The van der Waals surface area contributed by atoms with Crippen LogP contribution in [0.25, 0.3) is 10.9 Å². The predicted molar refractivity (Wildman–Crippen MR) is 135 cm³/mol.